The Bertz CT molecular complexity index is 714. The lowest BCUT2D eigenvalue weighted by Gasteiger charge is -2.20. The molecule has 0 saturated carbocycles. The van der Waals surface area contributed by atoms with Crippen molar-refractivity contribution in [3.05, 3.63) is 48.5 Å². The number of anilines is 2. The average molecular weight is 292 g/mol. The maximum atomic E-state index is 12.6. The van der Waals surface area contributed by atoms with Crippen LogP contribution in [0, 0.1) is 0 Å². The van der Waals surface area contributed by atoms with E-state index in [1.165, 1.54) is 24.5 Å². The van der Waals surface area contributed by atoms with E-state index >= 15 is 0 Å². The molecule has 0 amide bonds. The summed E-state index contributed by atoms with van der Waals surface area (Å²) in [6, 6.07) is 13.2. The topological polar surface area (TPSA) is 72.6 Å². The summed E-state index contributed by atoms with van der Waals surface area (Å²) in [6.07, 6.45) is 0. The van der Waals surface area contributed by atoms with Crippen LogP contribution in [-0.4, -0.2) is 22.6 Å². The second-order valence-corrected chi connectivity index (χ2v) is 6.15. The molecule has 2 rings (SSSR count). The Labute approximate surface area is 118 Å². The number of para-hydroxylation sites is 1. The average Bonchev–Trinajstić information content (AvgIpc) is 2.46. The zero-order valence-corrected chi connectivity index (χ0v) is 12.1. The lowest BCUT2D eigenvalue weighted by atomic mass is 10.3. The van der Waals surface area contributed by atoms with Crippen LogP contribution in [-0.2, 0) is 10.0 Å². The Balaban J connectivity index is 2.46. The van der Waals surface area contributed by atoms with Crippen molar-refractivity contribution >= 4 is 21.4 Å². The van der Waals surface area contributed by atoms with Crippen molar-refractivity contribution in [2.45, 2.75) is 4.90 Å². The minimum atomic E-state index is -3.69. The molecule has 2 aromatic carbocycles. The van der Waals surface area contributed by atoms with E-state index < -0.39 is 10.0 Å². The molecule has 6 heteroatoms. The van der Waals surface area contributed by atoms with Gasteiger partial charge in [-0.05, 0) is 24.3 Å². The lowest BCUT2D eigenvalue weighted by Crippen LogP contribution is -2.27. The first-order valence-corrected chi connectivity index (χ1v) is 7.38. The normalized spacial score (nSPS) is 11.1. The Morgan fingerprint density at radius 1 is 1.10 bits per heavy atom. The molecule has 0 aromatic heterocycles. The quantitative estimate of drug-likeness (QED) is 0.876. The van der Waals surface area contributed by atoms with E-state index in [0.717, 1.165) is 0 Å². The van der Waals surface area contributed by atoms with Gasteiger partial charge in [-0.2, -0.15) is 0 Å². The molecule has 0 spiro atoms. The van der Waals surface area contributed by atoms with Gasteiger partial charge < -0.3 is 10.5 Å². The highest BCUT2D eigenvalue weighted by Gasteiger charge is 2.23. The van der Waals surface area contributed by atoms with Crippen LogP contribution in [0.4, 0.5) is 11.4 Å². The van der Waals surface area contributed by atoms with E-state index in [1.807, 2.05) is 0 Å². The van der Waals surface area contributed by atoms with Gasteiger partial charge in [0.2, 0.25) is 0 Å². The van der Waals surface area contributed by atoms with Gasteiger partial charge in [0.15, 0.2) is 0 Å². The molecule has 0 unspecified atom stereocenters. The highest BCUT2D eigenvalue weighted by molar-refractivity contribution is 7.93. The molecule has 20 heavy (non-hydrogen) atoms. The number of ether oxygens (including phenoxy) is 1. The second-order valence-electron chi connectivity index (χ2n) is 4.21. The van der Waals surface area contributed by atoms with E-state index in [9.17, 15) is 8.42 Å². The van der Waals surface area contributed by atoms with E-state index in [2.05, 4.69) is 0 Å². The summed E-state index contributed by atoms with van der Waals surface area (Å²) >= 11 is 0. The fourth-order valence-corrected chi connectivity index (χ4v) is 3.11. The van der Waals surface area contributed by atoms with Crippen LogP contribution in [0.25, 0.3) is 0 Å². The second kappa shape index (κ2) is 5.42. The lowest BCUT2D eigenvalue weighted by molar-refractivity contribution is 0.415. The summed E-state index contributed by atoms with van der Waals surface area (Å²) in [4.78, 5) is 0.0883. The summed E-state index contributed by atoms with van der Waals surface area (Å²) in [5.41, 5.74) is 6.48. The molecule has 0 aliphatic carbocycles. The fraction of sp³-hybridized carbons (Fsp3) is 0.143. The Morgan fingerprint density at radius 2 is 1.80 bits per heavy atom. The maximum Gasteiger partial charge on any atom is 0.266 e. The monoisotopic (exact) mass is 292 g/mol. The van der Waals surface area contributed by atoms with Crippen LogP contribution < -0.4 is 14.8 Å². The Hall–Kier alpha value is -2.21. The summed E-state index contributed by atoms with van der Waals surface area (Å²) in [5.74, 6) is 0.589. The number of rotatable bonds is 4. The number of benzene rings is 2. The van der Waals surface area contributed by atoms with Crippen LogP contribution in [0.2, 0.25) is 0 Å². The van der Waals surface area contributed by atoms with Gasteiger partial charge >= 0.3 is 0 Å². The summed E-state index contributed by atoms with van der Waals surface area (Å²) < 4.78 is 31.4. The van der Waals surface area contributed by atoms with Crippen LogP contribution in [0.5, 0.6) is 5.75 Å². The molecular formula is C14H16N2O3S. The van der Waals surface area contributed by atoms with E-state index in [-0.39, 0.29) is 10.6 Å². The predicted octanol–water partition coefficient (Wildman–Crippen LogP) is 2.10. The third kappa shape index (κ3) is 2.55. The van der Waals surface area contributed by atoms with Gasteiger partial charge in [-0.25, -0.2) is 8.42 Å². The van der Waals surface area contributed by atoms with Crippen molar-refractivity contribution in [2.24, 2.45) is 0 Å². The highest BCUT2D eigenvalue weighted by Crippen LogP contribution is 2.27. The molecule has 0 heterocycles. The fourth-order valence-electron chi connectivity index (χ4n) is 1.81. The Morgan fingerprint density at radius 3 is 2.45 bits per heavy atom. The number of sulfonamides is 1. The van der Waals surface area contributed by atoms with Crippen LogP contribution in [0.15, 0.2) is 53.4 Å². The van der Waals surface area contributed by atoms with Crippen molar-refractivity contribution in [1.82, 2.24) is 0 Å². The smallest absolute Gasteiger partial charge is 0.266 e. The standard InChI is InChI=1S/C14H16N2O3S/c1-16(11-6-5-7-12(10-11)19-2)20(17,18)14-9-4-3-8-13(14)15/h3-10H,15H2,1-2H3. The molecule has 2 N–H and O–H groups in total. The number of nitrogens with two attached hydrogens (primary N) is 1. The highest BCUT2D eigenvalue weighted by atomic mass is 32.2. The molecule has 0 saturated heterocycles. The first-order chi connectivity index (χ1) is 9.46. The Kier molecular flexibility index (Phi) is 3.85. The third-order valence-corrected chi connectivity index (χ3v) is 4.83. The molecular weight excluding hydrogens is 276 g/mol. The molecule has 0 bridgehead atoms. The number of hydrogen-bond donors (Lipinski definition) is 1. The van der Waals surface area contributed by atoms with Crippen LogP contribution in [0.1, 0.15) is 0 Å². The van der Waals surface area contributed by atoms with Crippen molar-refractivity contribution in [3.8, 4) is 5.75 Å². The molecule has 106 valence electrons. The van der Waals surface area contributed by atoms with Crippen molar-refractivity contribution in [2.75, 3.05) is 24.2 Å². The zero-order chi connectivity index (χ0) is 14.8. The number of hydrogen-bond acceptors (Lipinski definition) is 4. The molecule has 0 fully saturated rings. The van der Waals surface area contributed by atoms with Crippen molar-refractivity contribution in [1.29, 1.82) is 0 Å². The summed E-state index contributed by atoms with van der Waals surface area (Å²) in [6.45, 7) is 0. The first kappa shape index (κ1) is 14.2. The molecule has 5 nitrogen and oxygen atoms in total. The van der Waals surface area contributed by atoms with Gasteiger partial charge in [0.1, 0.15) is 10.6 Å². The first-order valence-electron chi connectivity index (χ1n) is 5.94. The summed E-state index contributed by atoms with van der Waals surface area (Å²) in [7, 11) is -0.682. The molecule has 0 aliphatic rings. The molecule has 0 radical (unpaired) electrons. The SMILES string of the molecule is COc1cccc(N(C)S(=O)(=O)c2ccccc2N)c1. The molecule has 0 atom stereocenters. The minimum absolute atomic E-state index is 0.0883. The molecule has 2 aromatic rings. The molecule has 0 aliphatic heterocycles. The maximum absolute atomic E-state index is 12.6. The van der Waals surface area contributed by atoms with Gasteiger partial charge in [0.25, 0.3) is 10.0 Å². The largest absolute Gasteiger partial charge is 0.497 e. The van der Waals surface area contributed by atoms with Gasteiger partial charge in [-0.3, -0.25) is 4.31 Å². The van der Waals surface area contributed by atoms with Gasteiger partial charge in [-0.15, -0.1) is 0 Å². The van der Waals surface area contributed by atoms with E-state index in [4.69, 9.17) is 10.5 Å². The number of nitrogens with zero attached hydrogens (tertiary/aromatic N) is 1. The van der Waals surface area contributed by atoms with Gasteiger partial charge in [0, 0.05) is 13.1 Å². The van der Waals surface area contributed by atoms with Crippen LogP contribution in [0.3, 0.4) is 0 Å². The van der Waals surface area contributed by atoms with Gasteiger partial charge in [0.05, 0.1) is 18.5 Å². The summed E-state index contributed by atoms with van der Waals surface area (Å²) in [5, 5.41) is 0. The predicted molar refractivity (Wildman–Crippen MR) is 79.4 cm³/mol. The third-order valence-electron chi connectivity index (χ3n) is 2.97. The van der Waals surface area contributed by atoms with Gasteiger partial charge in [-0.1, -0.05) is 18.2 Å². The zero-order valence-electron chi connectivity index (χ0n) is 11.3. The van der Waals surface area contributed by atoms with Crippen molar-refractivity contribution in [3.63, 3.8) is 0 Å². The number of nitrogen functional groups attached to an aromatic ring is 1. The minimum Gasteiger partial charge on any atom is -0.497 e. The van der Waals surface area contributed by atoms with Crippen LogP contribution >= 0.6 is 0 Å². The van der Waals surface area contributed by atoms with Crippen molar-refractivity contribution < 1.29 is 13.2 Å². The number of methoxy groups -OCH3 is 1. The van der Waals surface area contributed by atoms with E-state index in [0.29, 0.717) is 11.4 Å². The van der Waals surface area contributed by atoms with E-state index in [1.54, 1.807) is 42.5 Å².